The Morgan fingerprint density at radius 1 is 1.03 bits per heavy atom. The molecular formula is C22H26N4O3. The van der Waals surface area contributed by atoms with Crippen molar-refractivity contribution in [2.75, 3.05) is 30.0 Å². The fourth-order valence-corrected chi connectivity index (χ4v) is 3.47. The molecule has 0 bridgehead atoms. The first-order valence-electron chi connectivity index (χ1n) is 10.0. The highest BCUT2D eigenvalue weighted by Gasteiger charge is 2.19. The van der Waals surface area contributed by atoms with Gasteiger partial charge in [0, 0.05) is 36.8 Å². The van der Waals surface area contributed by atoms with E-state index in [1.54, 1.807) is 0 Å². The second kappa shape index (κ2) is 8.86. The van der Waals surface area contributed by atoms with Crippen LogP contribution >= 0.6 is 0 Å². The van der Waals surface area contributed by atoms with Gasteiger partial charge in [-0.1, -0.05) is 12.1 Å². The molecule has 0 atom stereocenters. The van der Waals surface area contributed by atoms with Gasteiger partial charge in [0.2, 0.25) is 5.91 Å². The average molecular weight is 394 g/mol. The quantitative estimate of drug-likeness (QED) is 0.614. The van der Waals surface area contributed by atoms with E-state index < -0.39 is 0 Å². The lowest BCUT2D eigenvalue weighted by atomic mass is 10.1. The number of rotatable bonds is 4. The van der Waals surface area contributed by atoms with Crippen LogP contribution in [0.15, 0.2) is 47.5 Å². The molecule has 152 valence electrons. The molecule has 1 fully saturated rings. The molecule has 1 amide bonds. The Morgan fingerprint density at radius 2 is 1.83 bits per heavy atom. The number of nitrogens with zero attached hydrogens (tertiary/aromatic N) is 2. The molecule has 7 heteroatoms. The van der Waals surface area contributed by atoms with Crippen LogP contribution < -0.4 is 25.4 Å². The Balaban J connectivity index is 1.36. The van der Waals surface area contributed by atoms with Crippen LogP contribution in [0.1, 0.15) is 31.2 Å². The molecule has 7 nitrogen and oxygen atoms in total. The number of guanidine groups is 1. The van der Waals surface area contributed by atoms with Gasteiger partial charge in [-0.25, -0.2) is 4.99 Å². The van der Waals surface area contributed by atoms with E-state index in [9.17, 15) is 4.79 Å². The van der Waals surface area contributed by atoms with E-state index in [0.717, 1.165) is 48.5 Å². The van der Waals surface area contributed by atoms with Crippen LogP contribution in [0.4, 0.5) is 11.4 Å². The van der Waals surface area contributed by atoms with E-state index in [0.29, 0.717) is 37.9 Å². The van der Waals surface area contributed by atoms with Crippen molar-refractivity contribution in [2.24, 2.45) is 10.7 Å². The molecule has 1 saturated heterocycles. The normalized spacial score (nSPS) is 17.0. The van der Waals surface area contributed by atoms with Gasteiger partial charge in [-0.3, -0.25) is 4.79 Å². The van der Waals surface area contributed by atoms with E-state index in [2.05, 4.69) is 10.3 Å². The van der Waals surface area contributed by atoms with Gasteiger partial charge in [0.15, 0.2) is 17.5 Å². The summed E-state index contributed by atoms with van der Waals surface area (Å²) in [5, 5.41) is 3.09. The topological polar surface area (TPSA) is 89.2 Å². The van der Waals surface area contributed by atoms with Gasteiger partial charge >= 0.3 is 0 Å². The summed E-state index contributed by atoms with van der Waals surface area (Å²) in [6, 6.07) is 13.6. The lowest BCUT2D eigenvalue weighted by molar-refractivity contribution is -0.119. The maximum Gasteiger partial charge on any atom is 0.226 e. The number of amides is 1. The Bertz CT molecular complexity index is 895. The van der Waals surface area contributed by atoms with Gasteiger partial charge in [0.25, 0.3) is 0 Å². The Morgan fingerprint density at radius 3 is 2.62 bits per heavy atom. The zero-order chi connectivity index (χ0) is 20.1. The molecule has 2 aromatic carbocycles. The molecule has 0 unspecified atom stereocenters. The minimum absolute atomic E-state index is 0.200. The monoisotopic (exact) mass is 394 g/mol. The fourth-order valence-electron chi connectivity index (χ4n) is 3.47. The molecule has 29 heavy (non-hydrogen) atoms. The van der Waals surface area contributed by atoms with Gasteiger partial charge in [-0.05, 0) is 42.7 Å². The summed E-state index contributed by atoms with van der Waals surface area (Å²) >= 11 is 0. The van der Waals surface area contributed by atoms with Crippen LogP contribution in [0, 0.1) is 0 Å². The largest absolute Gasteiger partial charge is 0.490 e. The maximum atomic E-state index is 12.0. The summed E-state index contributed by atoms with van der Waals surface area (Å²) in [6.45, 7) is 2.55. The number of carbonyl (C=O) groups is 1. The molecule has 2 aliphatic rings. The van der Waals surface area contributed by atoms with Crippen LogP contribution in [0.3, 0.4) is 0 Å². The number of hydrogen-bond acceptors (Lipinski definition) is 4. The zero-order valence-electron chi connectivity index (χ0n) is 16.4. The first-order chi connectivity index (χ1) is 14.2. The molecule has 0 saturated carbocycles. The lowest BCUT2D eigenvalue weighted by Crippen LogP contribution is -2.35. The second-order valence-corrected chi connectivity index (χ2v) is 7.21. The minimum atomic E-state index is 0.200. The van der Waals surface area contributed by atoms with Crippen LogP contribution in [0.25, 0.3) is 0 Å². The summed E-state index contributed by atoms with van der Waals surface area (Å²) in [6.07, 6.45) is 3.54. The number of carbonyl (C=O) groups excluding carboxylic acids is 1. The lowest BCUT2D eigenvalue weighted by Gasteiger charge is -2.26. The minimum Gasteiger partial charge on any atom is -0.490 e. The third-order valence-electron chi connectivity index (χ3n) is 5.02. The highest BCUT2D eigenvalue weighted by molar-refractivity contribution is 5.94. The number of fused-ring (bicyclic) bond motifs is 1. The third kappa shape index (κ3) is 4.80. The maximum absolute atomic E-state index is 12.0. The molecule has 2 aromatic rings. The predicted molar refractivity (Wildman–Crippen MR) is 114 cm³/mol. The average Bonchev–Trinajstić information content (AvgIpc) is 2.98. The first kappa shape index (κ1) is 19.1. The Labute approximate surface area is 170 Å². The molecule has 4 rings (SSSR count). The first-order valence-corrected chi connectivity index (χ1v) is 10.0. The Hall–Kier alpha value is -3.22. The van der Waals surface area contributed by atoms with E-state index in [1.807, 2.05) is 47.4 Å². The van der Waals surface area contributed by atoms with Gasteiger partial charge in [0.1, 0.15) is 0 Å². The standard InChI is InChI=1S/C22H26N4O3/c23-22(25-17-7-10-19-20(14-17)29-13-3-12-28-19)24-15-16-5-8-18(9-6-16)26-11-2-1-4-21(26)27/h5-10,14H,1-4,11-13,15H2,(H3,23,24,25). The SMILES string of the molecule is NC(=NCc1ccc(N2CCCCC2=O)cc1)Nc1ccc2c(c1)OCCCO2. The number of nitrogens with one attached hydrogen (secondary N) is 1. The molecule has 0 spiro atoms. The number of hydrogen-bond donors (Lipinski definition) is 2. The number of piperidine rings is 1. The zero-order valence-corrected chi connectivity index (χ0v) is 16.4. The highest BCUT2D eigenvalue weighted by atomic mass is 16.5. The van der Waals surface area contributed by atoms with Crippen molar-refractivity contribution in [3.8, 4) is 11.5 Å². The summed E-state index contributed by atoms with van der Waals surface area (Å²) in [5.74, 6) is 1.99. The number of ether oxygens (including phenoxy) is 2. The van der Waals surface area contributed by atoms with Gasteiger partial charge in [-0.15, -0.1) is 0 Å². The number of benzene rings is 2. The molecule has 3 N–H and O–H groups in total. The molecular weight excluding hydrogens is 368 g/mol. The molecule has 0 radical (unpaired) electrons. The second-order valence-electron chi connectivity index (χ2n) is 7.21. The number of anilines is 2. The number of nitrogens with two attached hydrogens (primary N) is 1. The predicted octanol–water partition coefficient (Wildman–Crippen LogP) is 3.29. The van der Waals surface area contributed by atoms with Crippen molar-refractivity contribution in [1.82, 2.24) is 0 Å². The van der Waals surface area contributed by atoms with Crippen molar-refractivity contribution in [1.29, 1.82) is 0 Å². The van der Waals surface area contributed by atoms with Gasteiger partial charge < -0.3 is 25.4 Å². The van der Waals surface area contributed by atoms with Crippen LogP contribution in [0.2, 0.25) is 0 Å². The van der Waals surface area contributed by atoms with E-state index in [4.69, 9.17) is 15.2 Å². The van der Waals surface area contributed by atoms with Gasteiger partial charge in [0.05, 0.1) is 19.8 Å². The summed E-state index contributed by atoms with van der Waals surface area (Å²) < 4.78 is 11.3. The van der Waals surface area contributed by atoms with Crippen molar-refractivity contribution in [3.63, 3.8) is 0 Å². The van der Waals surface area contributed by atoms with Crippen LogP contribution in [0.5, 0.6) is 11.5 Å². The highest BCUT2D eigenvalue weighted by Crippen LogP contribution is 2.32. The van der Waals surface area contributed by atoms with Crippen LogP contribution in [-0.2, 0) is 11.3 Å². The van der Waals surface area contributed by atoms with Crippen LogP contribution in [-0.4, -0.2) is 31.6 Å². The molecule has 0 aromatic heterocycles. The van der Waals surface area contributed by atoms with Crippen molar-refractivity contribution in [3.05, 3.63) is 48.0 Å². The Kier molecular flexibility index (Phi) is 5.84. The van der Waals surface area contributed by atoms with Crippen molar-refractivity contribution in [2.45, 2.75) is 32.2 Å². The number of aliphatic imine (C=N–C) groups is 1. The van der Waals surface area contributed by atoms with Crippen molar-refractivity contribution < 1.29 is 14.3 Å². The van der Waals surface area contributed by atoms with E-state index >= 15 is 0 Å². The smallest absolute Gasteiger partial charge is 0.226 e. The van der Waals surface area contributed by atoms with E-state index in [1.165, 1.54) is 0 Å². The summed E-state index contributed by atoms with van der Waals surface area (Å²) in [7, 11) is 0. The van der Waals surface area contributed by atoms with Gasteiger partial charge in [-0.2, -0.15) is 0 Å². The fraction of sp³-hybridized carbons (Fsp3) is 0.364. The summed E-state index contributed by atoms with van der Waals surface area (Å²) in [5.41, 5.74) is 8.81. The third-order valence-corrected chi connectivity index (χ3v) is 5.02. The molecule has 2 aliphatic heterocycles. The molecule has 2 heterocycles. The molecule has 0 aliphatic carbocycles. The van der Waals surface area contributed by atoms with E-state index in [-0.39, 0.29) is 5.91 Å². The van der Waals surface area contributed by atoms with Crippen molar-refractivity contribution >= 4 is 23.2 Å². The summed E-state index contributed by atoms with van der Waals surface area (Å²) in [4.78, 5) is 18.3.